The van der Waals surface area contributed by atoms with Gasteiger partial charge in [-0.3, -0.25) is 14.1 Å². The molecule has 1 aliphatic rings. The molecule has 0 aliphatic carbocycles. The third-order valence-corrected chi connectivity index (χ3v) is 9.50. The summed E-state index contributed by atoms with van der Waals surface area (Å²) in [4.78, 5) is 20.4. The Hall–Kier alpha value is -3.91. The van der Waals surface area contributed by atoms with Crippen LogP contribution in [0.5, 0.6) is 5.75 Å². The maximum atomic E-state index is 13.4. The molecule has 0 spiro atoms. The molecule has 0 amide bonds. The van der Waals surface area contributed by atoms with Crippen LogP contribution in [0.4, 0.5) is 13.2 Å². The Labute approximate surface area is 253 Å². The summed E-state index contributed by atoms with van der Waals surface area (Å²) in [7, 11) is -1.24. The maximum absolute atomic E-state index is 13.4. The number of ether oxygens (including phenoxy) is 2. The largest absolute Gasteiger partial charge is 0.573 e. The second-order valence-electron chi connectivity index (χ2n) is 11.4. The van der Waals surface area contributed by atoms with Crippen molar-refractivity contribution in [3.8, 4) is 22.7 Å². The number of hydrogen-bond acceptors (Lipinski definition) is 8. The Kier molecular flexibility index (Phi) is 8.51. The SMILES string of the molecule is CCOC(=O)c1cc(-c2ccc(OC(F)(F)F)cc2)nc2c1c(CCC(C)(C)N1CCS(=O)(=O)CC1)cn2-c1cnn(C)c1. The van der Waals surface area contributed by atoms with Gasteiger partial charge in [-0.2, -0.15) is 5.10 Å². The van der Waals surface area contributed by atoms with Crippen molar-refractivity contribution >= 4 is 26.8 Å². The molecule has 4 heterocycles. The van der Waals surface area contributed by atoms with E-state index in [1.807, 2.05) is 17.0 Å². The summed E-state index contributed by atoms with van der Waals surface area (Å²) in [6.45, 7) is 6.93. The van der Waals surface area contributed by atoms with Crippen molar-refractivity contribution in [1.82, 2.24) is 24.2 Å². The van der Waals surface area contributed by atoms with E-state index >= 15 is 0 Å². The molecule has 1 saturated heterocycles. The lowest BCUT2D eigenvalue weighted by molar-refractivity contribution is -0.274. The van der Waals surface area contributed by atoms with Crippen molar-refractivity contribution in [3.05, 3.63) is 60.0 Å². The quantitative estimate of drug-likeness (QED) is 0.239. The number of carbonyl (C=O) groups excluding carboxylic acids is 1. The number of carbonyl (C=O) groups is 1. The Bertz CT molecular complexity index is 1760. The number of alkyl halides is 3. The summed E-state index contributed by atoms with van der Waals surface area (Å²) in [6.07, 6.45) is 1.79. The van der Waals surface area contributed by atoms with Gasteiger partial charge < -0.3 is 9.47 Å². The minimum absolute atomic E-state index is 0.125. The maximum Gasteiger partial charge on any atom is 0.573 e. The Morgan fingerprint density at radius 2 is 1.75 bits per heavy atom. The van der Waals surface area contributed by atoms with Gasteiger partial charge in [-0.05, 0) is 69.5 Å². The van der Waals surface area contributed by atoms with Crippen LogP contribution in [-0.4, -0.2) is 81.7 Å². The highest BCUT2D eigenvalue weighted by molar-refractivity contribution is 7.91. The van der Waals surface area contributed by atoms with Gasteiger partial charge in [0, 0.05) is 49.0 Å². The number of aryl methyl sites for hydroxylation is 2. The molecule has 0 radical (unpaired) electrons. The fraction of sp³-hybridized carbons (Fsp3) is 0.433. The van der Waals surface area contributed by atoms with Crippen molar-refractivity contribution in [2.24, 2.45) is 7.05 Å². The van der Waals surface area contributed by atoms with Crippen LogP contribution in [0.2, 0.25) is 0 Å². The van der Waals surface area contributed by atoms with E-state index in [9.17, 15) is 26.4 Å². The summed E-state index contributed by atoms with van der Waals surface area (Å²) in [5, 5.41) is 4.89. The number of fused-ring (bicyclic) bond motifs is 1. The molecule has 10 nitrogen and oxygen atoms in total. The monoisotopic (exact) mass is 633 g/mol. The molecule has 0 saturated carbocycles. The van der Waals surface area contributed by atoms with E-state index in [0.717, 1.165) is 5.56 Å². The van der Waals surface area contributed by atoms with Gasteiger partial charge in [0.15, 0.2) is 9.84 Å². The molecule has 0 N–H and O–H groups in total. The molecule has 44 heavy (non-hydrogen) atoms. The van der Waals surface area contributed by atoms with E-state index in [0.29, 0.717) is 53.9 Å². The van der Waals surface area contributed by atoms with E-state index in [1.54, 1.807) is 30.9 Å². The number of hydrogen-bond donors (Lipinski definition) is 0. The van der Waals surface area contributed by atoms with Crippen molar-refractivity contribution in [2.75, 3.05) is 31.2 Å². The molecule has 3 aromatic heterocycles. The Balaban J connectivity index is 1.59. The summed E-state index contributed by atoms with van der Waals surface area (Å²) in [5.74, 6) is -0.675. The first-order valence-electron chi connectivity index (χ1n) is 14.2. The van der Waals surface area contributed by atoms with Crippen LogP contribution in [0.15, 0.2) is 48.9 Å². The summed E-state index contributed by atoms with van der Waals surface area (Å²) in [6, 6.07) is 6.88. The van der Waals surface area contributed by atoms with Crippen LogP contribution in [0.25, 0.3) is 28.0 Å². The van der Waals surface area contributed by atoms with E-state index < -0.39 is 22.2 Å². The number of pyridine rings is 1. The first-order valence-corrected chi connectivity index (χ1v) is 16.0. The fourth-order valence-corrected chi connectivity index (χ4v) is 6.69. The van der Waals surface area contributed by atoms with Gasteiger partial charge in [0.25, 0.3) is 0 Å². The highest BCUT2D eigenvalue weighted by Gasteiger charge is 2.33. The number of rotatable bonds is 9. The van der Waals surface area contributed by atoms with Gasteiger partial charge in [-0.25, -0.2) is 18.2 Å². The average Bonchev–Trinajstić information content (AvgIpc) is 3.54. The number of nitrogens with zero attached hydrogens (tertiary/aromatic N) is 5. The van der Waals surface area contributed by atoms with Crippen LogP contribution in [0.1, 0.15) is 43.1 Å². The highest BCUT2D eigenvalue weighted by atomic mass is 32.2. The zero-order chi connectivity index (χ0) is 31.9. The van der Waals surface area contributed by atoms with Crippen molar-refractivity contribution in [2.45, 2.75) is 45.5 Å². The van der Waals surface area contributed by atoms with Crippen LogP contribution in [0, 0.1) is 0 Å². The zero-order valence-electron chi connectivity index (χ0n) is 24.9. The summed E-state index contributed by atoms with van der Waals surface area (Å²) >= 11 is 0. The minimum atomic E-state index is -4.82. The number of halogens is 3. The molecule has 0 atom stereocenters. The zero-order valence-corrected chi connectivity index (χ0v) is 25.7. The number of aromatic nitrogens is 4. The molecule has 5 rings (SSSR count). The average molecular weight is 634 g/mol. The van der Waals surface area contributed by atoms with Crippen molar-refractivity contribution in [1.29, 1.82) is 0 Å². The molecule has 14 heteroatoms. The highest BCUT2D eigenvalue weighted by Crippen LogP contribution is 2.34. The topological polar surface area (TPSA) is 109 Å². The normalized spacial score (nSPS) is 15.9. The molecular weight excluding hydrogens is 599 g/mol. The lowest BCUT2D eigenvalue weighted by Crippen LogP contribution is -2.51. The number of benzene rings is 1. The predicted molar refractivity (Wildman–Crippen MR) is 159 cm³/mol. The predicted octanol–water partition coefficient (Wildman–Crippen LogP) is 4.94. The van der Waals surface area contributed by atoms with Gasteiger partial charge >= 0.3 is 12.3 Å². The van der Waals surface area contributed by atoms with Crippen molar-refractivity contribution < 1.29 is 35.9 Å². The van der Waals surface area contributed by atoms with Crippen molar-refractivity contribution in [3.63, 3.8) is 0 Å². The van der Waals surface area contributed by atoms with Crippen LogP contribution in [-0.2, 0) is 28.0 Å². The van der Waals surface area contributed by atoms with Gasteiger partial charge in [-0.15, -0.1) is 13.2 Å². The lowest BCUT2D eigenvalue weighted by Gasteiger charge is -2.41. The minimum Gasteiger partial charge on any atom is -0.462 e. The van der Waals surface area contributed by atoms with E-state index in [2.05, 4.69) is 28.6 Å². The van der Waals surface area contributed by atoms with Crippen LogP contribution < -0.4 is 4.74 Å². The van der Waals surface area contributed by atoms with Crippen LogP contribution in [0.3, 0.4) is 0 Å². The molecular formula is C30H34F3N5O5S. The molecule has 1 aromatic carbocycles. The first-order chi connectivity index (χ1) is 20.7. The fourth-order valence-electron chi connectivity index (χ4n) is 5.48. The Morgan fingerprint density at radius 1 is 1.07 bits per heavy atom. The van der Waals surface area contributed by atoms with Crippen LogP contribution >= 0.6 is 0 Å². The van der Waals surface area contributed by atoms with Gasteiger partial charge in [0.2, 0.25) is 0 Å². The Morgan fingerprint density at radius 3 is 2.34 bits per heavy atom. The second-order valence-corrected chi connectivity index (χ2v) is 13.7. The van der Waals surface area contributed by atoms with E-state index in [1.165, 1.54) is 24.3 Å². The summed E-state index contributed by atoms with van der Waals surface area (Å²) in [5.41, 5.74) is 2.82. The molecule has 0 unspecified atom stereocenters. The molecule has 236 valence electrons. The van der Waals surface area contributed by atoms with E-state index in [4.69, 9.17) is 9.72 Å². The molecule has 1 aliphatic heterocycles. The van der Waals surface area contributed by atoms with Gasteiger partial charge in [0.05, 0.1) is 41.3 Å². The molecule has 4 aromatic rings. The van der Waals surface area contributed by atoms with E-state index in [-0.39, 0.29) is 35.0 Å². The molecule has 1 fully saturated rings. The summed E-state index contributed by atoms with van der Waals surface area (Å²) < 4.78 is 75.1. The third kappa shape index (κ3) is 6.91. The van der Waals surface area contributed by atoms with Gasteiger partial charge in [-0.1, -0.05) is 0 Å². The standard InChI is InChI=1S/C30H34F3N5O5S/c1-5-42-28(39)24-16-25(20-6-8-23(9-7-20)43-30(31,32)33)35-27-26(24)21(18-38(27)22-17-34-36(4)19-22)10-11-29(2,3)37-12-14-44(40,41)15-13-37/h6-9,16-19H,5,10-15H2,1-4H3. The second kappa shape index (κ2) is 11.9. The number of esters is 1. The first kappa shape index (κ1) is 31.5. The third-order valence-electron chi connectivity index (χ3n) is 7.89. The van der Waals surface area contributed by atoms with Gasteiger partial charge in [0.1, 0.15) is 11.4 Å². The lowest BCUT2D eigenvalue weighted by atomic mass is 9.92. The molecule has 0 bridgehead atoms. The number of sulfone groups is 1. The smallest absolute Gasteiger partial charge is 0.462 e.